The Hall–Kier alpha value is -4.36. The fourth-order valence-electron chi connectivity index (χ4n) is 4.34. The minimum absolute atomic E-state index is 0.0149. The van der Waals surface area contributed by atoms with Crippen LogP contribution in [0.4, 0.5) is 24.0 Å². The summed E-state index contributed by atoms with van der Waals surface area (Å²) in [6.07, 6.45) is -1.71. The van der Waals surface area contributed by atoms with Gasteiger partial charge in [0.2, 0.25) is 0 Å². The fraction of sp³-hybridized carbons (Fsp3) is 0.143. The third-order valence-corrected chi connectivity index (χ3v) is 9.02. The monoisotopic (exact) mass is 600 g/mol. The Labute approximate surface area is 237 Å². The smallest absolute Gasteiger partial charge is 0.416 e. The van der Waals surface area contributed by atoms with E-state index in [1.165, 1.54) is 59.4 Å². The van der Waals surface area contributed by atoms with Gasteiger partial charge in [-0.15, -0.1) is 11.3 Å². The average molecular weight is 601 g/mol. The van der Waals surface area contributed by atoms with Crippen LogP contribution in [0.3, 0.4) is 0 Å². The molecule has 2 heterocycles. The first-order valence-corrected chi connectivity index (χ1v) is 14.3. The molecule has 41 heavy (non-hydrogen) atoms. The molecule has 0 unspecified atom stereocenters. The van der Waals surface area contributed by atoms with E-state index in [2.05, 4.69) is 9.97 Å². The molecular formula is C28H23F3N4O4S2. The zero-order valence-electron chi connectivity index (χ0n) is 21.7. The topological polar surface area (TPSA) is 108 Å². The Morgan fingerprint density at radius 3 is 2.37 bits per heavy atom. The summed E-state index contributed by atoms with van der Waals surface area (Å²) in [7, 11) is -1.32. The summed E-state index contributed by atoms with van der Waals surface area (Å²) in [6, 6.07) is 14.5. The van der Waals surface area contributed by atoms with Crippen LogP contribution in [0, 0.1) is 0 Å². The number of nitrogen functional groups attached to an aromatic ring is 1. The number of halogens is 3. The molecule has 0 spiro atoms. The first-order valence-electron chi connectivity index (χ1n) is 12.0. The van der Waals surface area contributed by atoms with Gasteiger partial charge in [-0.05, 0) is 48.0 Å². The maximum absolute atomic E-state index is 13.9. The molecule has 0 fully saturated rings. The highest BCUT2D eigenvalue weighted by molar-refractivity contribution is 7.93. The highest BCUT2D eigenvalue weighted by atomic mass is 32.2. The standard InChI is InChI=1S/C28H23F3N4O4S2/c1-38-19-6-3-17(4-7-19)16-35(27-33-11-12-40-27)41(36,37)20-8-10-21-24(14-20)34-15-23(32)26(21)22-9-5-18(28(29,30)31)13-25(22)39-2/h3-15H,16,32H2,1-2H3. The predicted molar refractivity (Wildman–Crippen MR) is 152 cm³/mol. The Bertz CT molecular complexity index is 1810. The highest BCUT2D eigenvalue weighted by Gasteiger charge is 2.32. The molecule has 0 bridgehead atoms. The summed E-state index contributed by atoms with van der Waals surface area (Å²) in [5, 5.41) is 2.40. The highest BCUT2D eigenvalue weighted by Crippen LogP contribution is 2.42. The molecule has 3 aromatic carbocycles. The van der Waals surface area contributed by atoms with Crippen LogP contribution in [-0.4, -0.2) is 32.6 Å². The third-order valence-electron chi connectivity index (χ3n) is 6.37. The molecule has 0 atom stereocenters. The number of pyridine rings is 1. The molecule has 0 saturated heterocycles. The van der Waals surface area contributed by atoms with Crippen LogP contribution in [0.25, 0.3) is 22.0 Å². The van der Waals surface area contributed by atoms with E-state index < -0.39 is 21.8 Å². The number of aromatic nitrogens is 2. The number of hydrogen-bond acceptors (Lipinski definition) is 8. The van der Waals surface area contributed by atoms with Crippen molar-refractivity contribution in [1.29, 1.82) is 0 Å². The lowest BCUT2D eigenvalue weighted by Crippen LogP contribution is -2.30. The van der Waals surface area contributed by atoms with Crippen LogP contribution >= 0.6 is 11.3 Å². The number of thiazole rings is 1. The van der Waals surface area contributed by atoms with E-state index in [0.717, 1.165) is 12.1 Å². The third kappa shape index (κ3) is 5.50. The maximum atomic E-state index is 13.9. The van der Waals surface area contributed by atoms with Crippen molar-refractivity contribution in [3.05, 3.63) is 89.6 Å². The largest absolute Gasteiger partial charge is 0.497 e. The van der Waals surface area contributed by atoms with Crippen LogP contribution < -0.4 is 19.5 Å². The second-order valence-corrected chi connectivity index (χ2v) is 11.6. The summed E-state index contributed by atoms with van der Waals surface area (Å²) in [5.74, 6) is 0.600. The molecule has 5 aromatic rings. The fourth-order valence-corrected chi connectivity index (χ4v) is 6.64. The number of hydrogen-bond donors (Lipinski definition) is 1. The lowest BCUT2D eigenvalue weighted by molar-refractivity contribution is -0.137. The lowest BCUT2D eigenvalue weighted by Gasteiger charge is -2.22. The molecule has 13 heteroatoms. The molecule has 0 aliphatic rings. The van der Waals surface area contributed by atoms with E-state index in [0.29, 0.717) is 27.8 Å². The molecule has 8 nitrogen and oxygen atoms in total. The van der Waals surface area contributed by atoms with Gasteiger partial charge >= 0.3 is 6.18 Å². The Balaban J connectivity index is 1.59. The van der Waals surface area contributed by atoms with Gasteiger partial charge in [-0.2, -0.15) is 13.2 Å². The minimum Gasteiger partial charge on any atom is -0.497 e. The van der Waals surface area contributed by atoms with Gasteiger partial charge in [-0.1, -0.05) is 18.2 Å². The summed E-state index contributed by atoms with van der Waals surface area (Å²) < 4.78 is 79.5. The van der Waals surface area contributed by atoms with Crippen molar-refractivity contribution < 1.29 is 31.1 Å². The summed E-state index contributed by atoms with van der Waals surface area (Å²) in [5.41, 5.74) is 7.22. The number of alkyl halides is 3. The van der Waals surface area contributed by atoms with Crippen molar-refractivity contribution >= 4 is 43.1 Å². The number of benzene rings is 3. The number of sulfonamides is 1. The number of fused-ring (bicyclic) bond motifs is 1. The van der Waals surface area contributed by atoms with Crippen molar-refractivity contribution in [2.24, 2.45) is 0 Å². The van der Waals surface area contributed by atoms with E-state index in [-0.39, 0.29) is 33.5 Å². The molecule has 5 rings (SSSR count). The molecule has 2 N–H and O–H groups in total. The molecular weight excluding hydrogens is 577 g/mol. The van der Waals surface area contributed by atoms with Gasteiger partial charge in [0.25, 0.3) is 10.0 Å². The molecule has 0 saturated carbocycles. The Morgan fingerprint density at radius 1 is 0.976 bits per heavy atom. The van der Waals surface area contributed by atoms with Gasteiger partial charge in [0.15, 0.2) is 5.13 Å². The van der Waals surface area contributed by atoms with Crippen LogP contribution in [0.2, 0.25) is 0 Å². The van der Waals surface area contributed by atoms with Crippen molar-refractivity contribution in [3.63, 3.8) is 0 Å². The number of ether oxygens (including phenoxy) is 2. The van der Waals surface area contributed by atoms with E-state index >= 15 is 0 Å². The second-order valence-electron chi connectivity index (χ2n) is 8.85. The SMILES string of the molecule is COc1ccc(CN(c2nccs2)S(=O)(=O)c2ccc3c(-c4ccc(C(F)(F)F)cc4OC)c(N)cnc3c2)cc1. The molecule has 0 aliphatic carbocycles. The van der Waals surface area contributed by atoms with Crippen LogP contribution in [-0.2, 0) is 22.7 Å². The van der Waals surface area contributed by atoms with Gasteiger partial charge in [0, 0.05) is 28.1 Å². The molecule has 212 valence electrons. The summed E-state index contributed by atoms with van der Waals surface area (Å²) in [4.78, 5) is 8.50. The first-order chi connectivity index (χ1) is 19.5. The quantitative estimate of drug-likeness (QED) is 0.220. The average Bonchev–Trinajstić information content (AvgIpc) is 3.49. The van der Waals surface area contributed by atoms with Crippen molar-refractivity contribution in [1.82, 2.24) is 9.97 Å². The number of anilines is 2. The van der Waals surface area contributed by atoms with Crippen LogP contribution in [0.5, 0.6) is 11.5 Å². The lowest BCUT2D eigenvalue weighted by atomic mass is 9.97. The number of methoxy groups -OCH3 is 2. The normalized spacial score (nSPS) is 11.9. The van der Waals surface area contributed by atoms with Gasteiger partial charge in [0.1, 0.15) is 11.5 Å². The number of rotatable bonds is 8. The molecule has 2 aromatic heterocycles. The zero-order valence-corrected chi connectivity index (χ0v) is 23.3. The predicted octanol–water partition coefficient (Wildman–Crippen LogP) is 6.37. The van der Waals surface area contributed by atoms with Crippen LogP contribution in [0.1, 0.15) is 11.1 Å². The van der Waals surface area contributed by atoms with Crippen molar-refractivity contribution in [3.8, 4) is 22.6 Å². The Morgan fingerprint density at radius 2 is 1.73 bits per heavy atom. The van der Waals surface area contributed by atoms with Gasteiger partial charge in [0.05, 0.1) is 48.6 Å². The van der Waals surface area contributed by atoms with Gasteiger partial charge in [-0.3, -0.25) is 4.98 Å². The molecule has 0 radical (unpaired) electrons. The summed E-state index contributed by atoms with van der Waals surface area (Å²) in [6.45, 7) is 0.0149. The van der Waals surface area contributed by atoms with Gasteiger partial charge in [-0.25, -0.2) is 17.7 Å². The maximum Gasteiger partial charge on any atom is 0.416 e. The zero-order chi connectivity index (χ0) is 29.4. The first kappa shape index (κ1) is 28.2. The van der Waals surface area contributed by atoms with Gasteiger partial charge < -0.3 is 15.2 Å². The molecule has 0 aliphatic heterocycles. The number of nitrogens with two attached hydrogens (primary N) is 1. The summed E-state index contributed by atoms with van der Waals surface area (Å²) >= 11 is 1.18. The second kappa shape index (κ2) is 10.9. The van der Waals surface area contributed by atoms with E-state index in [1.807, 2.05) is 0 Å². The minimum atomic E-state index is -4.56. The van der Waals surface area contributed by atoms with E-state index in [9.17, 15) is 21.6 Å². The Kier molecular flexibility index (Phi) is 7.49. The van der Waals surface area contributed by atoms with Crippen LogP contribution in [0.15, 0.2) is 83.3 Å². The number of nitrogens with zero attached hydrogens (tertiary/aromatic N) is 3. The van der Waals surface area contributed by atoms with Crippen molar-refractivity contribution in [2.45, 2.75) is 17.6 Å². The van der Waals surface area contributed by atoms with Crippen molar-refractivity contribution in [2.75, 3.05) is 24.3 Å². The van der Waals surface area contributed by atoms with E-state index in [1.54, 1.807) is 36.8 Å². The van der Waals surface area contributed by atoms with E-state index in [4.69, 9.17) is 15.2 Å². The molecule has 0 amide bonds.